The molecule has 5 nitrogen and oxygen atoms in total. The molecule has 3 aromatic rings. The van der Waals surface area contributed by atoms with Gasteiger partial charge in [-0.15, -0.1) is 0 Å². The molecule has 0 saturated carbocycles. The van der Waals surface area contributed by atoms with Crippen LogP contribution >= 0.6 is 11.6 Å². The van der Waals surface area contributed by atoms with Gasteiger partial charge >= 0.3 is 0 Å². The average Bonchev–Trinajstić information content (AvgIpc) is 3.07. The number of halogens is 1. The summed E-state index contributed by atoms with van der Waals surface area (Å²) in [6, 6.07) is 20.4. The number of anilines is 1. The third kappa shape index (κ3) is 3.76. The number of ketones is 1. The van der Waals surface area contributed by atoms with Crippen molar-refractivity contribution in [1.29, 1.82) is 0 Å². The van der Waals surface area contributed by atoms with Crippen LogP contribution in [0.3, 0.4) is 0 Å². The van der Waals surface area contributed by atoms with Crippen LogP contribution in [0.15, 0.2) is 78.4 Å². The molecule has 4 rings (SSSR count). The molecule has 1 atom stereocenters. The number of carbonyl (C=O) groups is 2. The Balaban J connectivity index is 1.91. The zero-order chi connectivity index (χ0) is 22.8. The van der Waals surface area contributed by atoms with E-state index in [-0.39, 0.29) is 11.3 Å². The van der Waals surface area contributed by atoms with Crippen LogP contribution < -0.4 is 9.64 Å². The van der Waals surface area contributed by atoms with E-state index in [1.807, 2.05) is 37.3 Å². The van der Waals surface area contributed by atoms with E-state index in [1.165, 1.54) is 4.90 Å². The third-order valence-electron chi connectivity index (χ3n) is 5.50. The molecule has 0 bridgehead atoms. The number of amides is 1. The first-order chi connectivity index (χ1) is 15.4. The largest absolute Gasteiger partial charge is 0.507 e. The summed E-state index contributed by atoms with van der Waals surface area (Å²) >= 11 is 6.31. The molecule has 0 aliphatic carbocycles. The molecule has 0 radical (unpaired) electrons. The second-order valence-electron chi connectivity index (χ2n) is 7.42. The van der Waals surface area contributed by atoms with Gasteiger partial charge in [-0.3, -0.25) is 14.5 Å². The van der Waals surface area contributed by atoms with Gasteiger partial charge in [0.05, 0.1) is 18.2 Å². The van der Waals surface area contributed by atoms with Crippen molar-refractivity contribution in [3.8, 4) is 5.75 Å². The van der Waals surface area contributed by atoms with E-state index in [2.05, 4.69) is 0 Å². The van der Waals surface area contributed by atoms with Gasteiger partial charge < -0.3 is 9.84 Å². The number of carbonyl (C=O) groups excluding carboxylic acids is 2. The fourth-order valence-corrected chi connectivity index (χ4v) is 4.09. The number of Topliss-reactive ketones (excluding diaryl/α,β-unsaturated/α-hetero) is 1. The lowest BCUT2D eigenvalue weighted by Gasteiger charge is -2.27. The standard InChI is InChI=1S/C26H22ClNO4/c1-3-32-19-14-12-18(13-15-19)24(29)22-23(17-8-5-4-6-9-17)28(26(31)25(22)30)21-11-7-10-20(27)16(21)2/h4-15,23,29H,3H2,1-2H3/b24-22+. The predicted molar refractivity (Wildman–Crippen MR) is 125 cm³/mol. The summed E-state index contributed by atoms with van der Waals surface area (Å²) in [5, 5.41) is 11.7. The molecule has 0 spiro atoms. The van der Waals surface area contributed by atoms with Crippen LogP contribution in [0.5, 0.6) is 5.75 Å². The highest BCUT2D eigenvalue weighted by atomic mass is 35.5. The van der Waals surface area contributed by atoms with E-state index < -0.39 is 17.7 Å². The summed E-state index contributed by atoms with van der Waals surface area (Å²) in [4.78, 5) is 27.8. The lowest BCUT2D eigenvalue weighted by molar-refractivity contribution is -0.132. The summed E-state index contributed by atoms with van der Waals surface area (Å²) in [7, 11) is 0. The number of rotatable bonds is 5. The van der Waals surface area contributed by atoms with Crippen molar-refractivity contribution >= 4 is 34.7 Å². The summed E-state index contributed by atoms with van der Waals surface area (Å²) < 4.78 is 5.45. The number of aliphatic hydroxyl groups is 1. The maximum atomic E-state index is 13.2. The van der Waals surface area contributed by atoms with Gasteiger partial charge in [-0.05, 0) is 61.4 Å². The van der Waals surface area contributed by atoms with Crippen molar-refractivity contribution in [1.82, 2.24) is 0 Å². The number of hydrogen-bond donors (Lipinski definition) is 1. The molecule has 1 N–H and O–H groups in total. The molecule has 0 aromatic heterocycles. The minimum atomic E-state index is -0.792. The van der Waals surface area contributed by atoms with Gasteiger partial charge in [0.1, 0.15) is 11.5 Å². The summed E-state index contributed by atoms with van der Waals surface area (Å²) in [6.45, 7) is 4.20. The lowest BCUT2D eigenvalue weighted by atomic mass is 9.95. The highest BCUT2D eigenvalue weighted by Gasteiger charge is 2.47. The van der Waals surface area contributed by atoms with Gasteiger partial charge in [-0.2, -0.15) is 0 Å². The van der Waals surface area contributed by atoms with E-state index in [0.29, 0.717) is 39.8 Å². The molecule has 3 aromatic carbocycles. The summed E-state index contributed by atoms with van der Waals surface area (Å²) in [5.41, 5.74) is 2.37. The summed E-state index contributed by atoms with van der Waals surface area (Å²) in [6.07, 6.45) is 0. The molecule has 1 unspecified atom stereocenters. The molecular formula is C26H22ClNO4. The molecule has 1 saturated heterocycles. The minimum Gasteiger partial charge on any atom is -0.507 e. The maximum absolute atomic E-state index is 13.2. The number of hydrogen-bond acceptors (Lipinski definition) is 4. The highest BCUT2D eigenvalue weighted by molar-refractivity contribution is 6.52. The van der Waals surface area contributed by atoms with Crippen LogP contribution in [-0.4, -0.2) is 23.4 Å². The van der Waals surface area contributed by atoms with E-state index in [4.69, 9.17) is 16.3 Å². The first-order valence-corrected chi connectivity index (χ1v) is 10.7. The zero-order valence-electron chi connectivity index (χ0n) is 17.7. The SMILES string of the molecule is CCOc1ccc(/C(O)=C2\C(=O)C(=O)N(c3cccc(Cl)c3C)C2c2ccccc2)cc1. The fraction of sp³-hybridized carbons (Fsp3) is 0.154. The Kier molecular flexibility index (Phi) is 6.01. The molecule has 6 heteroatoms. The van der Waals surface area contributed by atoms with E-state index in [1.54, 1.807) is 49.4 Å². The molecule has 1 fully saturated rings. The Hall–Kier alpha value is -3.57. The van der Waals surface area contributed by atoms with Gasteiger partial charge in [0.2, 0.25) is 0 Å². The second kappa shape index (κ2) is 8.89. The Bertz CT molecular complexity index is 1200. The Labute approximate surface area is 191 Å². The van der Waals surface area contributed by atoms with Gasteiger partial charge in [0.15, 0.2) is 0 Å². The van der Waals surface area contributed by atoms with Crippen molar-refractivity contribution in [3.63, 3.8) is 0 Å². The monoisotopic (exact) mass is 447 g/mol. The van der Waals surface area contributed by atoms with Crippen LogP contribution in [0.1, 0.15) is 29.7 Å². The van der Waals surface area contributed by atoms with Crippen LogP contribution in [0.25, 0.3) is 5.76 Å². The Morgan fingerprint density at radius 1 is 1.00 bits per heavy atom. The quantitative estimate of drug-likeness (QED) is 0.310. The lowest BCUT2D eigenvalue weighted by Crippen LogP contribution is -2.30. The highest BCUT2D eigenvalue weighted by Crippen LogP contribution is 2.43. The van der Waals surface area contributed by atoms with Crippen molar-refractivity contribution in [2.24, 2.45) is 0 Å². The van der Waals surface area contributed by atoms with Crippen LogP contribution in [-0.2, 0) is 9.59 Å². The molecular weight excluding hydrogens is 426 g/mol. The van der Waals surface area contributed by atoms with Gasteiger partial charge in [0.25, 0.3) is 11.7 Å². The van der Waals surface area contributed by atoms with E-state index >= 15 is 0 Å². The maximum Gasteiger partial charge on any atom is 0.300 e. The fourth-order valence-electron chi connectivity index (χ4n) is 3.92. The van der Waals surface area contributed by atoms with E-state index in [9.17, 15) is 14.7 Å². The molecule has 1 heterocycles. The first-order valence-electron chi connectivity index (χ1n) is 10.3. The number of nitrogens with zero attached hydrogens (tertiary/aromatic N) is 1. The summed E-state index contributed by atoms with van der Waals surface area (Å²) in [5.74, 6) is -1.04. The second-order valence-corrected chi connectivity index (χ2v) is 7.83. The molecule has 1 aliphatic heterocycles. The third-order valence-corrected chi connectivity index (χ3v) is 5.91. The Morgan fingerprint density at radius 3 is 2.34 bits per heavy atom. The van der Waals surface area contributed by atoms with Gasteiger partial charge in [-0.25, -0.2) is 0 Å². The number of ether oxygens (including phenoxy) is 1. The molecule has 32 heavy (non-hydrogen) atoms. The van der Waals surface area contributed by atoms with Crippen LogP contribution in [0, 0.1) is 6.92 Å². The van der Waals surface area contributed by atoms with Crippen molar-refractivity contribution in [2.75, 3.05) is 11.5 Å². The normalized spacial score (nSPS) is 17.6. The topological polar surface area (TPSA) is 66.8 Å². The van der Waals surface area contributed by atoms with Crippen molar-refractivity contribution < 1.29 is 19.4 Å². The van der Waals surface area contributed by atoms with Crippen LogP contribution in [0.4, 0.5) is 5.69 Å². The number of aliphatic hydroxyl groups excluding tert-OH is 1. The zero-order valence-corrected chi connectivity index (χ0v) is 18.5. The van der Waals surface area contributed by atoms with Crippen molar-refractivity contribution in [2.45, 2.75) is 19.9 Å². The van der Waals surface area contributed by atoms with Crippen molar-refractivity contribution in [3.05, 3.63) is 100 Å². The minimum absolute atomic E-state index is 0.0322. The predicted octanol–water partition coefficient (Wildman–Crippen LogP) is 5.67. The molecule has 1 amide bonds. The number of benzene rings is 3. The van der Waals surface area contributed by atoms with Crippen LogP contribution in [0.2, 0.25) is 5.02 Å². The van der Waals surface area contributed by atoms with Gasteiger partial charge in [0, 0.05) is 16.3 Å². The molecule has 162 valence electrons. The smallest absolute Gasteiger partial charge is 0.300 e. The molecule has 1 aliphatic rings. The van der Waals surface area contributed by atoms with E-state index in [0.717, 1.165) is 0 Å². The van der Waals surface area contributed by atoms with Gasteiger partial charge in [-0.1, -0.05) is 48.0 Å². The Morgan fingerprint density at radius 2 is 1.69 bits per heavy atom. The first kappa shape index (κ1) is 21.7. The average molecular weight is 448 g/mol.